The Balaban J connectivity index is 2.48. The van der Waals surface area contributed by atoms with E-state index in [1.807, 2.05) is 6.92 Å². The Morgan fingerprint density at radius 2 is 1.78 bits per heavy atom. The van der Waals surface area contributed by atoms with Gasteiger partial charge < -0.3 is 0 Å². The van der Waals surface area contributed by atoms with E-state index in [1.165, 1.54) is 24.3 Å². The number of halogens is 2. The van der Waals surface area contributed by atoms with E-state index >= 15 is 0 Å². The summed E-state index contributed by atoms with van der Waals surface area (Å²) < 4.78 is 26.5. The summed E-state index contributed by atoms with van der Waals surface area (Å²) in [6.45, 7) is 1.86. The second-order valence-electron chi connectivity index (χ2n) is 4.16. The van der Waals surface area contributed by atoms with Crippen LogP contribution in [0.4, 0.5) is 8.78 Å². The number of nitrogens with one attached hydrogen (secondary N) is 1. The van der Waals surface area contributed by atoms with Crippen molar-refractivity contribution in [2.75, 3.05) is 0 Å². The second kappa shape index (κ2) is 5.25. The minimum absolute atomic E-state index is 0.341. The molecule has 0 heterocycles. The lowest BCUT2D eigenvalue weighted by molar-refractivity contribution is 0.592. The lowest BCUT2D eigenvalue weighted by Crippen LogP contribution is -2.29. The Labute approximate surface area is 104 Å². The molecule has 2 aromatic rings. The van der Waals surface area contributed by atoms with Crippen molar-refractivity contribution < 1.29 is 8.78 Å². The quantitative estimate of drug-likeness (QED) is 0.647. The summed E-state index contributed by atoms with van der Waals surface area (Å²) in [7, 11) is 0. The minimum Gasteiger partial charge on any atom is -0.271 e. The smallest absolute Gasteiger partial charge is 0.123 e. The van der Waals surface area contributed by atoms with Gasteiger partial charge in [0.2, 0.25) is 0 Å². The molecule has 0 fully saturated rings. The molecule has 0 saturated carbocycles. The molecule has 2 aromatic carbocycles. The monoisotopic (exact) mass is 248 g/mol. The van der Waals surface area contributed by atoms with Gasteiger partial charge in [-0.15, -0.1) is 0 Å². The molecule has 94 valence electrons. The van der Waals surface area contributed by atoms with Crippen molar-refractivity contribution >= 4 is 0 Å². The number of nitrogens with two attached hydrogens (primary N) is 1. The molecule has 3 N–H and O–H groups in total. The van der Waals surface area contributed by atoms with Gasteiger partial charge in [-0.1, -0.05) is 18.2 Å². The zero-order chi connectivity index (χ0) is 13.1. The Morgan fingerprint density at radius 3 is 2.44 bits per heavy atom. The Bertz CT molecular complexity index is 555. The summed E-state index contributed by atoms with van der Waals surface area (Å²) in [5.74, 6) is 4.82. The fourth-order valence-electron chi connectivity index (χ4n) is 1.97. The molecule has 0 saturated heterocycles. The first-order valence-corrected chi connectivity index (χ1v) is 5.59. The van der Waals surface area contributed by atoms with Crippen LogP contribution >= 0.6 is 0 Å². The van der Waals surface area contributed by atoms with Gasteiger partial charge in [0.1, 0.15) is 11.6 Å². The van der Waals surface area contributed by atoms with E-state index in [2.05, 4.69) is 5.43 Å². The highest BCUT2D eigenvalue weighted by molar-refractivity contribution is 5.37. The number of hydrazine groups is 1. The van der Waals surface area contributed by atoms with Crippen molar-refractivity contribution in [1.82, 2.24) is 5.43 Å². The molecule has 0 aliphatic carbocycles. The molecule has 0 aromatic heterocycles. The van der Waals surface area contributed by atoms with Gasteiger partial charge in [-0.2, -0.15) is 0 Å². The summed E-state index contributed by atoms with van der Waals surface area (Å²) in [4.78, 5) is 0. The van der Waals surface area contributed by atoms with E-state index < -0.39 is 6.04 Å². The molecule has 2 rings (SSSR count). The third-order valence-corrected chi connectivity index (χ3v) is 2.90. The van der Waals surface area contributed by atoms with E-state index in [0.29, 0.717) is 11.1 Å². The van der Waals surface area contributed by atoms with Gasteiger partial charge in [-0.25, -0.2) is 14.2 Å². The van der Waals surface area contributed by atoms with E-state index in [9.17, 15) is 8.78 Å². The summed E-state index contributed by atoms with van der Waals surface area (Å²) >= 11 is 0. The molecule has 0 bridgehead atoms. The number of aryl methyl sites for hydroxylation is 1. The van der Waals surface area contributed by atoms with Crippen LogP contribution in [-0.4, -0.2) is 0 Å². The van der Waals surface area contributed by atoms with Crippen molar-refractivity contribution in [3.63, 3.8) is 0 Å². The third-order valence-electron chi connectivity index (χ3n) is 2.90. The average molecular weight is 248 g/mol. The molecule has 0 spiro atoms. The van der Waals surface area contributed by atoms with Gasteiger partial charge in [-0.05, 0) is 47.9 Å². The molecule has 18 heavy (non-hydrogen) atoms. The minimum atomic E-state index is -0.434. The second-order valence-corrected chi connectivity index (χ2v) is 4.16. The number of benzene rings is 2. The van der Waals surface area contributed by atoms with Crippen molar-refractivity contribution in [3.8, 4) is 0 Å². The highest BCUT2D eigenvalue weighted by Crippen LogP contribution is 2.25. The van der Waals surface area contributed by atoms with Crippen LogP contribution in [0.15, 0.2) is 42.5 Å². The van der Waals surface area contributed by atoms with E-state index in [4.69, 9.17) is 5.84 Å². The predicted octanol–water partition coefficient (Wildman–Crippen LogP) is 2.83. The van der Waals surface area contributed by atoms with Crippen LogP contribution in [0, 0.1) is 18.6 Å². The first kappa shape index (κ1) is 12.7. The molecular formula is C14H14F2N2. The zero-order valence-electron chi connectivity index (χ0n) is 9.95. The van der Waals surface area contributed by atoms with Crippen molar-refractivity contribution in [3.05, 3.63) is 70.8 Å². The normalized spacial score (nSPS) is 12.4. The summed E-state index contributed by atoms with van der Waals surface area (Å²) in [6.07, 6.45) is 0. The average Bonchev–Trinajstić information content (AvgIpc) is 2.35. The summed E-state index contributed by atoms with van der Waals surface area (Å²) in [6, 6.07) is 10.1. The van der Waals surface area contributed by atoms with Crippen LogP contribution in [0.25, 0.3) is 0 Å². The Kier molecular flexibility index (Phi) is 3.69. The van der Waals surface area contributed by atoms with Gasteiger partial charge in [0.05, 0.1) is 6.04 Å². The highest BCUT2D eigenvalue weighted by Gasteiger charge is 2.15. The summed E-state index contributed by atoms with van der Waals surface area (Å²) in [5.41, 5.74) is 4.84. The molecule has 2 nitrogen and oxygen atoms in total. The molecule has 0 aliphatic heterocycles. The number of rotatable bonds is 3. The SMILES string of the molecule is Cc1ccc(F)cc1C(NN)c1cccc(F)c1. The zero-order valence-corrected chi connectivity index (χ0v) is 9.95. The first-order chi connectivity index (χ1) is 8.61. The van der Waals surface area contributed by atoms with Crippen LogP contribution in [0.3, 0.4) is 0 Å². The summed E-state index contributed by atoms with van der Waals surface area (Å²) in [5, 5.41) is 0. The van der Waals surface area contributed by atoms with Crippen LogP contribution in [0.1, 0.15) is 22.7 Å². The van der Waals surface area contributed by atoms with Crippen molar-refractivity contribution in [2.24, 2.45) is 5.84 Å². The Hall–Kier alpha value is -1.78. The maximum atomic E-state index is 13.3. The van der Waals surface area contributed by atoms with Crippen molar-refractivity contribution in [1.29, 1.82) is 0 Å². The largest absolute Gasteiger partial charge is 0.271 e. The van der Waals surface area contributed by atoms with Gasteiger partial charge >= 0.3 is 0 Å². The third kappa shape index (κ3) is 2.55. The highest BCUT2D eigenvalue weighted by atomic mass is 19.1. The van der Waals surface area contributed by atoms with Crippen LogP contribution < -0.4 is 11.3 Å². The van der Waals surface area contributed by atoms with Crippen LogP contribution in [0.2, 0.25) is 0 Å². The first-order valence-electron chi connectivity index (χ1n) is 5.59. The molecule has 0 radical (unpaired) electrons. The number of hydrogen-bond acceptors (Lipinski definition) is 2. The molecule has 4 heteroatoms. The van der Waals surface area contributed by atoms with Gasteiger partial charge in [-0.3, -0.25) is 5.84 Å². The maximum absolute atomic E-state index is 13.3. The molecule has 0 amide bonds. The van der Waals surface area contributed by atoms with E-state index in [1.54, 1.807) is 18.2 Å². The Morgan fingerprint density at radius 1 is 1.06 bits per heavy atom. The lowest BCUT2D eigenvalue weighted by atomic mass is 9.95. The fourth-order valence-corrected chi connectivity index (χ4v) is 1.97. The van der Waals surface area contributed by atoms with Gasteiger partial charge in [0, 0.05) is 0 Å². The van der Waals surface area contributed by atoms with Crippen LogP contribution in [0.5, 0.6) is 0 Å². The fraction of sp³-hybridized carbons (Fsp3) is 0.143. The standard InChI is InChI=1S/C14H14F2N2/c1-9-5-6-12(16)8-13(9)14(18-17)10-3-2-4-11(15)7-10/h2-8,14,18H,17H2,1H3. The topological polar surface area (TPSA) is 38.0 Å². The van der Waals surface area contributed by atoms with Gasteiger partial charge in [0.25, 0.3) is 0 Å². The van der Waals surface area contributed by atoms with Gasteiger partial charge in [0.15, 0.2) is 0 Å². The lowest BCUT2D eigenvalue weighted by Gasteiger charge is -2.19. The number of hydrogen-bond donors (Lipinski definition) is 2. The van der Waals surface area contributed by atoms with Crippen LogP contribution in [-0.2, 0) is 0 Å². The van der Waals surface area contributed by atoms with Crippen molar-refractivity contribution in [2.45, 2.75) is 13.0 Å². The molecule has 0 aliphatic rings. The molecule has 1 atom stereocenters. The maximum Gasteiger partial charge on any atom is 0.123 e. The van der Waals surface area contributed by atoms with E-state index in [-0.39, 0.29) is 11.6 Å². The molecular weight excluding hydrogens is 234 g/mol. The molecule has 1 unspecified atom stereocenters. The predicted molar refractivity (Wildman–Crippen MR) is 66.7 cm³/mol. The van der Waals surface area contributed by atoms with E-state index in [0.717, 1.165) is 5.56 Å².